The Morgan fingerprint density at radius 3 is 2.77 bits per heavy atom. The van der Waals surface area contributed by atoms with Crippen LogP contribution in [0.4, 0.5) is 0 Å². The smallest absolute Gasteiger partial charge is 0.310 e. The molecule has 2 heterocycles. The number of ketones is 1. The Balaban J connectivity index is 1.52. The first-order valence-electron chi connectivity index (χ1n) is 8.10. The summed E-state index contributed by atoms with van der Waals surface area (Å²) in [6.07, 6.45) is 1.89. The normalized spacial score (nSPS) is 10.7. The standard InChI is InChI=1S/C19H18N2O4S/c1-12(22)20-10-14-6-7-18(26-14)17(23)11-25-19(24)8-13-9-21-16-5-3-2-4-15(13)16/h2-7,9,21H,8,10-11H2,1H3,(H,20,22). The first-order chi connectivity index (χ1) is 12.5. The summed E-state index contributed by atoms with van der Waals surface area (Å²) in [6.45, 7) is 1.53. The summed E-state index contributed by atoms with van der Waals surface area (Å²) in [4.78, 5) is 39.6. The molecule has 2 aromatic heterocycles. The zero-order valence-electron chi connectivity index (χ0n) is 14.2. The Morgan fingerprint density at radius 1 is 1.15 bits per heavy atom. The van der Waals surface area contributed by atoms with Crippen LogP contribution in [0.5, 0.6) is 0 Å². The van der Waals surface area contributed by atoms with Gasteiger partial charge in [0, 0.05) is 28.9 Å². The van der Waals surface area contributed by atoms with E-state index in [9.17, 15) is 14.4 Å². The van der Waals surface area contributed by atoms with E-state index >= 15 is 0 Å². The highest BCUT2D eigenvalue weighted by atomic mass is 32.1. The molecule has 0 spiro atoms. The van der Waals surface area contributed by atoms with Crippen molar-refractivity contribution in [2.24, 2.45) is 0 Å². The van der Waals surface area contributed by atoms with Crippen LogP contribution in [0.2, 0.25) is 0 Å². The van der Waals surface area contributed by atoms with Gasteiger partial charge in [-0.05, 0) is 23.8 Å². The third-order valence-electron chi connectivity index (χ3n) is 3.82. The first-order valence-corrected chi connectivity index (χ1v) is 8.91. The van der Waals surface area contributed by atoms with Crippen molar-refractivity contribution in [1.82, 2.24) is 10.3 Å². The van der Waals surface area contributed by atoms with Crippen LogP contribution in [0, 0.1) is 0 Å². The van der Waals surface area contributed by atoms with Gasteiger partial charge in [-0.2, -0.15) is 0 Å². The van der Waals surface area contributed by atoms with Crippen LogP contribution in [0.1, 0.15) is 27.0 Å². The van der Waals surface area contributed by atoms with Crippen molar-refractivity contribution in [3.05, 3.63) is 57.9 Å². The molecule has 0 saturated carbocycles. The minimum atomic E-state index is -0.446. The summed E-state index contributed by atoms with van der Waals surface area (Å²) in [7, 11) is 0. The molecule has 1 amide bonds. The van der Waals surface area contributed by atoms with Crippen molar-refractivity contribution < 1.29 is 19.1 Å². The molecule has 0 bridgehead atoms. The predicted molar refractivity (Wildman–Crippen MR) is 99.1 cm³/mol. The van der Waals surface area contributed by atoms with Gasteiger partial charge in [0.15, 0.2) is 6.61 Å². The van der Waals surface area contributed by atoms with Crippen molar-refractivity contribution in [1.29, 1.82) is 0 Å². The van der Waals surface area contributed by atoms with Crippen molar-refractivity contribution in [2.45, 2.75) is 19.9 Å². The van der Waals surface area contributed by atoms with E-state index in [0.717, 1.165) is 21.3 Å². The molecule has 0 aliphatic rings. The highest BCUT2D eigenvalue weighted by Gasteiger charge is 2.14. The number of esters is 1. The number of thiophene rings is 1. The van der Waals surface area contributed by atoms with E-state index in [2.05, 4.69) is 10.3 Å². The van der Waals surface area contributed by atoms with Gasteiger partial charge in [-0.15, -0.1) is 11.3 Å². The second-order valence-corrected chi connectivity index (χ2v) is 6.96. The number of Topliss-reactive ketones (excluding diaryl/α,β-unsaturated/α-hetero) is 1. The molecule has 134 valence electrons. The molecule has 0 saturated heterocycles. The van der Waals surface area contributed by atoms with E-state index in [1.807, 2.05) is 24.3 Å². The van der Waals surface area contributed by atoms with E-state index in [-0.39, 0.29) is 24.7 Å². The lowest BCUT2D eigenvalue weighted by atomic mass is 10.1. The maximum absolute atomic E-state index is 12.2. The Morgan fingerprint density at radius 2 is 1.96 bits per heavy atom. The van der Waals surface area contributed by atoms with E-state index in [4.69, 9.17) is 4.74 Å². The molecule has 3 rings (SSSR count). The first kappa shape index (κ1) is 17.9. The number of rotatable bonds is 7. The second kappa shape index (κ2) is 7.97. The average Bonchev–Trinajstić information content (AvgIpc) is 3.25. The molecule has 26 heavy (non-hydrogen) atoms. The number of aromatic nitrogens is 1. The van der Waals surface area contributed by atoms with E-state index in [1.165, 1.54) is 18.3 Å². The highest BCUT2D eigenvalue weighted by Crippen LogP contribution is 2.19. The van der Waals surface area contributed by atoms with Crippen molar-refractivity contribution in [2.75, 3.05) is 6.61 Å². The zero-order chi connectivity index (χ0) is 18.5. The monoisotopic (exact) mass is 370 g/mol. The minimum absolute atomic E-state index is 0.107. The Labute approximate surface area is 154 Å². The molecule has 0 radical (unpaired) electrons. The molecular weight excluding hydrogens is 352 g/mol. The Hall–Kier alpha value is -2.93. The molecule has 3 aromatic rings. The van der Waals surface area contributed by atoms with Crippen LogP contribution in [0.3, 0.4) is 0 Å². The van der Waals surface area contributed by atoms with Gasteiger partial charge in [-0.1, -0.05) is 18.2 Å². The van der Waals surface area contributed by atoms with Gasteiger partial charge in [-0.25, -0.2) is 0 Å². The fraction of sp³-hybridized carbons (Fsp3) is 0.211. The topological polar surface area (TPSA) is 88.3 Å². The SMILES string of the molecule is CC(=O)NCc1ccc(C(=O)COC(=O)Cc2c[nH]c3ccccc23)s1. The molecule has 0 fully saturated rings. The molecule has 0 aliphatic heterocycles. The molecule has 0 aliphatic carbocycles. The van der Waals surface area contributed by atoms with E-state index < -0.39 is 5.97 Å². The lowest BCUT2D eigenvalue weighted by Crippen LogP contribution is -2.18. The van der Waals surface area contributed by atoms with Gasteiger partial charge in [0.2, 0.25) is 11.7 Å². The second-order valence-electron chi connectivity index (χ2n) is 5.80. The quantitative estimate of drug-likeness (QED) is 0.494. The number of fused-ring (bicyclic) bond motifs is 1. The molecule has 0 atom stereocenters. The fourth-order valence-electron chi connectivity index (χ4n) is 2.54. The van der Waals surface area contributed by atoms with Gasteiger partial charge >= 0.3 is 5.97 Å². The van der Waals surface area contributed by atoms with Gasteiger partial charge in [0.05, 0.1) is 17.8 Å². The van der Waals surface area contributed by atoms with E-state index in [0.29, 0.717) is 11.4 Å². The number of benzene rings is 1. The van der Waals surface area contributed by atoms with Gasteiger partial charge in [0.25, 0.3) is 0 Å². The number of hydrogen-bond donors (Lipinski definition) is 2. The van der Waals surface area contributed by atoms with Crippen molar-refractivity contribution in [3.8, 4) is 0 Å². The van der Waals surface area contributed by atoms with E-state index in [1.54, 1.807) is 18.3 Å². The number of carbonyl (C=O) groups is 3. The Bertz CT molecular complexity index is 957. The summed E-state index contributed by atoms with van der Waals surface area (Å²) in [6, 6.07) is 11.1. The highest BCUT2D eigenvalue weighted by molar-refractivity contribution is 7.14. The van der Waals surface area contributed by atoms with Crippen LogP contribution in [-0.4, -0.2) is 29.3 Å². The van der Waals surface area contributed by atoms with Gasteiger partial charge in [-0.3, -0.25) is 14.4 Å². The third kappa shape index (κ3) is 4.37. The number of hydrogen-bond acceptors (Lipinski definition) is 5. The van der Waals surface area contributed by atoms with Crippen LogP contribution in [0.25, 0.3) is 10.9 Å². The van der Waals surface area contributed by atoms with Crippen LogP contribution >= 0.6 is 11.3 Å². The van der Waals surface area contributed by atoms with Crippen LogP contribution < -0.4 is 5.32 Å². The molecular formula is C19H18N2O4S. The number of aromatic amines is 1. The maximum Gasteiger partial charge on any atom is 0.310 e. The summed E-state index contributed by atoms with van der Waals surface area (Å²) >= 11 is 1.28. The molecule has 7 heteroatoms. The summed E-state index contributed by atoms with van der Waals surface area (Å²) in [5.74, 6) is -0.827. The molecule has 6 nitrogen and oxygen atoms in total. The molecule has 2 N–H and O–H groups in total. The van der Waals surface area contributed by atoms with Crippen LogP contribution in [-0.2, 0) is 27.3 Å². The van der Waals surface area contributed by atoms with Crippen molar-refractivity contribution in [3.63, 3.8) is 0 Å². The maximum atomic E-state index is 12.2. The molecule has 1 aromatic carbocycles. The largest absolute Gasteiger partial charge is 0.457 e. The lowest BCUT2D eigenvalue weighted by molar-refractivity contribution is -0.141. The average molecular weight is 370 g/mol. The summed E-state index contributed by atoms with van der Waals surface area (Å²) in [5, 5.41) is 3.64. The number of para-hydroxylation sites is 1. The number of carbonyl (C=O) groups excluding carboxylic acids is 3. The lowest BCUT2D eigenvalue weighted by Gasteiger charge is -2.03. The van der Waals surface area contributed by atoms with Gasteiger partial charge in [0.1, 0.15) is 0 Å². The summed E-state index contributed by atoms with van der Waals surface area (Å²) < 4.78 is 5.12. The fourth-order valence-corrected chi connectivity index (χ4v) is 3.41. The molecule has 0 unspecified atom stereocenters. The number of ether oxygens (including phenoxy) is 1. The zero-order valence-corrected chi connectivity index (χ0v) is 15.0. The minimum Gasteiger partial charge on any atom is -0.457 e. The van der Waals surface area contributed by atoms with Crippen LogP contribution in [0.15, 0.2) is 42.6 Å². The predicted octanol–water partition coefficient (Wildman–Crippen LogP) is 2.83. The summed E-state index contributed by atoms with van der Waals surface area (Å²) in [5.41, 5.74) is 1.79. The van der Waals surface area contributed by atoms with Gasteiger partial charge < -0.3 is 15.0 Å². The number of nitrogens with one attached hydrogen (secondary N) is 2. The van der Waals surface area contributed by atoms with Crippen molar-refractivity contribution >= 4 is 39.9 Å². The number of amides is 1. The number of H-pyrrole nitrogens is 1. The Kier molecular flexibility index (Phi) is 5.48. The third-order valence-corrected chi connectivity index (χ3v) is 4.95.